The fraction of sp³-hybridized carbons (Fsp3) is 0.545. The molecule has 0 aliphatic rings. The molecular weight excluding hydrogens is 164 g/mol. The maximum Gasteiger partial charge on any atom is 0.122 e. The monoisotopic (exact) mass is 182 g/mol. The molecule has 0 saturated carbocycles. The summed E-state index contributed by atoms with van der Waals surface area (Å²) in [5, 5.41) is 9.61. The number of allylic oxidation sites excluding steroid dienone is 2. The van der Waals surface area contributed by atoms with Crippen LogP contribution in [0.4, 0.5) is 0 Å². The van der Waals surface area contributed by atoms with Crippen LogP contribution in [-0.4, -0.2) is 17.0 Å². The SMILES string of the molecule is C=CC(=C)CCCC(C)(O)CC=O. The van der Waals surface area contributed by atoms with Crippen LogP contribution in [0.5, 0.6) is 0 Å². The minimum Gasteiger partial charge on any atom is -0.390 e. The van der Waals surface area contributed by atoms with Crippen molar-refractivity contribution in [3.8, 4) is 0 Å². The average molecular weight is 182 g/mol. The van der Waals surface area contributed by atoms with Gasteiger partial charge in [-0.05, 0) is 26.2 Å². The van der Waals surface area contributed by atoms with Crippen molar-refractivity contribution < 1.29 is 9.90 Å². The van der Waals surface area contributed by atoms with Crippen LogP contribution < -0.4 is 0 Å². The van der Waals surface area contributed by atoms with Crippen LogP contribution in [0.25, 0.3) is 0 Å². The first-order chi connectivity index (χ1) is 6.02. The van der Waals surface area contributed by atoms with E-state index in [1.807, 2.05) is 0 Å². The van der Waals surface area contributed by atoms with Gasteiger partial charge in [0.2, 0.25) is 0 Å². The molecule has 0 aromatic carbocycles. The number of hydrogen-bond donors (Lipinski definition) is 1. The summed E-state index contributed by atoms with van der Waals surface area (Å²) < 4.78 is 0. The zero-order chi connectivity index (χ0) is 10.3. The largest absolute Gasteiger partial charge is 0.390 e. The summed E-state index contributed by atoms with van der Waals surface area (Å²) in [5.74, 6) is 0. The Hall–Kier alpha value is -0.890. The average Bonchev–Trinajstić information content (AvgIpc) is 2.03. The van der Waals surface area contributed by atoms with E-state index in [4.69, 9.17) is 0 Å². The standard InChI is InChI=1S/C11H18O2/c1-4-10(2)6-5-7-11(3,13)8-9-12/h4,9,13H,1-2,5-8H2,3H3. The highest BCUT2D eigenvalue weighted by Gasteiger charge is 2.18. The third kappa shape index (κ3) is 6.29. The second kappa shape index (κ2) is 5.70. The first-order valence-corrected chi connectivity index (χ1v) is 4.48. The lowest BCUT2D eigenvalue weighted by Crippen LogP contribution is -2.24. The van der Waals surface area contributed by atoms with Gasteiger partial charge in [0.05, 0.1) is 5.60 Å². The molecule has 0 heterocycles. The van der Waals surface area contributed by atoms with E-state index in [1.165, 1.54) is 0 Å². The summed E-state index contributed by atoms with van der Waals surface area (Å²) in [6.45, 7) is 9.04. The molecule has 2 nitrogen and oxygen atoms in total. The highest BCUT2D eigenvalue weighted by molar-refractivity contribution is 5.51. The Bertz CT molecular complexity index is 192. The lowest BCUT2D eigenvalue weighted by Gasteiger charge is -2.19. The maximum absolute atomic E-state index is 10.2. The van der Waals surface area contributed by atoms with Gasteiger partial charge in [0.15, 0.2) is 0 Å². The predicted molar refractivity (Wildman–Crippen MR) is 54.5 cm³/mol. The predicted octanol–water partition coefficient (Wildman–Crippen LogP) is 2.24. The third-order valence-electron chi connectivity index (χ3n) is 2.03. The smallest absolute Gasteiger partial charge is 0.122 e. The van der Waals surface area contributed by atoms with Gasteiger partial charge >= 0.3 is 0 Å². The molecule has 0 rings (SSSR count). The molecule has 13 heavy (non-hydrogen) atoms. The van der Waals surface area contributed by atoms with E-state index in [9.17, 15) is 9.90 Å². The number of carbonyl (C=O) groups excluding carboxylic acids is 1. The zero-order valence-corrected chi connectivity index (χ0v) is 8.25. The molecule has 0 aromatic heterocycles. The molecule has 1 unspecified atom stereocenters. The van der Waals surface area contributed by atoms with Crippen molar-refractivity contribution in [2.24, 2.45) is 0 Å². The van der Waals surface area contributed by atoms with Crippen molar-refractivity contribution in [1.29, 1.82) is 0 Å². The summed E-state index contributed by atoms with van der Waals surface area (Å²) in [6, 6.07) is 0. The Balaban J connectivity index is 3.68. The molecule has 74 valence electrons. The lowest BCUT2D eigenvalue weighted by molar-refractivity contribution is -0.112. The van der Waals surface area contributed by atoms with E-state index in [0.717, 1.165) is 24.7 Å². The maximum atomic E-state index is 10.2. The highest BCUT2D eigenvalue weighted by atomic mass is 16.3. The summed E-state index contributed by atoms with van der Waals surface area (Å²) in [4.78, 5) is 10.2. The summed E-state index contributed by atoms with van der Waals surface area (Å²) in [5.41, 5.74) is 0.116. The Morgan fingerprint density at radius 1 is 1.62 bits per heavy atom. The minimum atomic E-state index is -0.858. The molecule has 2 heteroatoms. The Morgan fingerprint density at radius 3 is 2.69 bits per heavy atom. The second-order valence-electron chi connectivity index (χ2n) is 3.58. The van der Waals surface area contributed by atoms with Crippen molar-refractivity contribution >= 4 is 6.29 Å². The van der Waals surface area contributed by atoms with Crippen molar-refractivity contribution in [2.45, 2.75) is 38.2 Å². The zero-order valence-electron chi connectivity index (χ0n) is 8.25. The molecule has 0 amide bonds. The van der Waals surface area contributed by atoms with Crippen molar-refractivity contribution in [3.05, 3.63) is 24.8 Å². The normalized spacial score (nSPS) is 14.6. The van der Waals surface area contributed by atoms with Gasteiger partial charge in [-0.2, -0.15) is 0 Å². The molecule has 0 bridgehead atoms. The highest BCUT2D eigenvalue weighted by Crippen LogP contribution is 2.18. The Labute approximate surface area is 80.0 Å². The fourth-order valence-electron chi connectivity index (χ4n) is 1.08. The second-order valence-corrected chi connectivity index (χ2v) is 3.58. The van der Waals surface area contributed by atoms with Crippen LogP contribution in [0.2, 0.25) is 0 Å². The number of carbonyl (C=O) groups is 1. The Morgan fingerprint density at radius 2 is 2.23 bits per heavy atom. The molecule has 0 aliphatic heterocycles. The number of aldehydes is 1. The minimum absolute atomic E-state index is 0.202. The molecule has 1 atom stereocenters. The summed E-state index contributed by atoms with van der Waals surface area (Å²) in [7, 11) is 0. The molecule has 0 saturated heterocycles. The molecular formula is C11H18O2. The van der Waals surface area contributed by atoms with Crippen LogP contribution in [0.15, 0.2) is 24.8 Å². The van der Waals surface area contributed by atoms with Crippen LogP contribution in [0.3, 0.4) is 0 Å². The number of aliphatic hydroxyl groups is 1. The first-order valence-electron chi connectivity index (χ1n) is 4.48. The molecule has 0 aromatic rings. The van der Waals surface area contributed by atoms with E-state index < -0.39 is 5.60 Å². The van der Waals surface area contributed by atoms with Gasteiger partial charge in [-0.25, -0.2) is 0 Å². The molecule has 0 spiro atoms. The molecule has 1 N–H and O–H groups in total. The summed E-state index contributed by atoms with van der Waals surface area (Å²) >= 11 is 0. The number of rotatable bonds is 7. The lowest BCUT2D eigenvalue weighted by atomic mass is 9.95. The van der Waals surface area contributed by atoms with Crippen LogP contribution >= 0.6 is 0 Å². The number of hydrogen-bond acceptors (Lipinski definition) is 2. The van der Waals surface area contributed by atoms with E-state index in [1.54, 1.807) is 13.0 Å². The van der Waals surface area contributed by atoms with Crippen LogP contribution in [0, 0.1) is 0 Å². The van der Waals surface area contributed by atoms with Gasteiger partial charge in [0.25, 0.3) is 0 Å². The van der Waals surface area contributed by atoms with Gasteiger partial charge in [-0.3, -0.25) is 0 Å². The van der Waals surface area contributed by atoms with Crippen LogP contribution in [0.1, 0.15) is 32.6 Å². The first kappa shape index (κ1) is 12.1. The molecule has 0 aliphatic carbocycles. The molecule has 0 fully saturated rings. The van der Waals surface area contributed by atoms with E-state index in [0.29, 0.717) is 6.42 Å². The van der Waals surface area contributed by atoms with E-state index in [-0.39, 0.29) is 6.42 Å². The van der Waals surface area contributed by atoms with Gasteiger partial charge in [-0.15, -0.1) is 0 Å². The summed E-state index contributed by atoms with van der Waals surface area (Å²) in [6.07, 6.45) is 4.97. The van der Waals surface area contributed by atoms with Gasteiger partial charge in [0, 0.05) is 6.42 Å². The van der Waals surface area contributed by atoms with E-state index in [2.05, 4.69) is 13.2 Å². The Kier molecular flexibility index (Phi) is 5.31. The van der Waals surface area contributed by atoms with Gasteiger partial charge in [-0.1, -0.05) is 24.8 Å². The van der Waals surface area contributed by atoms with Crippen LogP contribution in [-0.2, 0) is 4.79 Å². The quantitative estimate of drug-likeness (QED) is 0.484. The topological polar surface area (TPSA) is 37.3 Å². The molecule has 0 radical (unpaired) electrons. The third-order valence-corrected chi connectivity index (χ3v) is 2.03. The van der Waals surface area contributed by atoms with Gasteiger partial charge < -0.3 is 9.90 Å². The van der Waals surface area contributed by atoms with Crippen molar-refractivity contribution in [1.82, 2.24) is 0 Å². The van der Waals surface area contributed by atoms with Gasteiger partial charge in [0.1, 0.15) is 6.29 Å². The van der Waals surface area contributed by atoms with Crippen molar-refractivity contribution in [2.75, 3.05) is 0 Å². The van der Waals surface area contributed by atoms with E-state index >= 15 is 0 Å². The van der Waals surface area contributed by atoms with Crippen molar-refractivity contribution in [3.63, 3.8) is 0 Å². The fourth-order valence-corrected chi connectivity index (χ4v) is 1.08.